The Hall–Kier alpha value is -0.470. The Balaban J connectivity index is 1.90. The predicted molar refractivity (Wildman–Crippen MR) is 82.5 cm³/mol. The van der Waals surface area contributed by atoms with Crippen LogP contribution in [0.4, 0.5) is 0 Å². The van der Waals surface area contributed by atoms with Gasteiger partial charge in [0.05, 0.1) is 4.90 Å². The smallest absolute Gasteiger partial charge is 0.241 e. The third kappa shape index (κ3) is 4.26. The lowest BCUT2D eigenvalue weighted by atomic mass is 10.1. The Labute approximate surface area is 125 Å². The van der Waals surface area contributed by atoms with Crippen LogP contribution in [0.2, 0.25) is 0 Å². The van der Waals surface area contributed by atoms with Crippen LogP contribution in [0.3, 0.4) is 0 Å². The summed E-state index contributed by atoms with van der Waals surface area (Å²) in [6, 6.07) is 1.76. The minimum atomic E-state index is -3.36. The van der Waals surface area contributed by atoms with E-state index >= 15 is 0 Å². The summed E-state index contributed by atoms with van der Waals surface area (Å²) in [5, 5.41) is 4.92. The highest BCUT2D eigenvalue weighted by atomic mass is 32.2. The summed E-state index contributed by atoms with van der Waals surface area (Å²) >= 11 is 1.48. The maximum atomic E-state index is 12.2. The van der Waals surface area contributed by atoms with Crippen molar-refractivity contribution in [2.24, 2.45) is 5.92 Å². The molecule has 1 aromatic rings. The molecule has 1 fully saturated rings. The fraction of sp³-hybridized carbons (Fsp3) is 0.692. The van der Waals surface area contributed by atoms with Gasteiger partial charge in [-0.1, -0.05) is 6.92 Å². The zero-order valence-electron chi connectivity index (χ0n) is 12.1. The van der Waals surface area contributed by atoms with Gasteiger partial charge in [-0.15, -0.1) is 11.3 Å². The molecule has 2 N–H and O–H groups in total. The largest absolute Gasteiger partial charge is 0.312 e. The van der Waals surface area contributed by atoms with Crippen LogP contribution in [0, 0.1) is 5.92 Å². The van der Waals surface area contributed by atoms with Crippen molar-refractivity contribution in [1.82, 2.24) is 14.9 Å². The van der Waals surface area contributed by atoms with Crippen LogP contribution >= 0.6 is 11.3 Å². The van der Waals surface area contributed by atoms with E-state index in [1.807, 2.05) is 6.92 Å². The van der Waals surface area contributed by atoms with E-state index in [1.54, 1.807) is 11.4 Å². The van der Waals surface area contributed by atoms with Gasteiger partial charge in [-0.05, 0) is 38.5 Å². The number of hydrogen-bond donors (Lipinski definition) is 2. The van der Waals surface area contributed by atoms with Gasteiger partial charge in [0, 0.05) is 29.9 Å². The van der Waals surface area contributed by atoms with Gasteiger partial charge in [0.2, 0.25) is 10.0 Å². The van der Waals surface area contributed by atoms with Crippen LogP contribution in [0.1, 0.15) is 18.2 Å². The standard InChI is InChI=1S/C13H23N3O2S2/c1-3-14-8-12-6-13(10-19-12)20(17,18)15-7-11-4-5-16(2)9-11/h6,10-11,14-15H,3-5,7-9H2,1-2H3. The molecular weight excluding hydrogens is 294 g/mol. The molecule has 114 valence electrons. The Morgan fingerprint density at radius 1 is 1.50 bits per heavy atom. The molecule has 1 aromatic heterocycles. The first-order valence-electron chi connectivity index (χ1n) is 6.97. The van der Waals surface area contributed by atoms with Gasteiger partial charge in [-0.25, -0.2) is 13.1 Å². The molecule has 2 rings (SSSR count). The number of thiophene rings is 1. The van der Waals surface area contributed by atoms with Crippen molar-refractivity contribution in [2.75, 3.05) is 33.2 Å². The van der Waals surface area contributed by atoms with Crippen LogP contribution < -0.4 is 10.0 Å². The lowest BCUT2D eigenvalue weighted by molar-refractivity contribution is 0.394. The molecule has 1 saturated heterocycles. The normalized spacial score (nSPS) is 20.6. The van der Waals surface area contributed by atoms with E-state index in [4.69, 9.17) is 0 Å². The quantitative estimate of drug-likeness (QED) is 0.790. The van der Waals surface area contributed by atoms with Crippen molar-refractivity contribution in [3.63, 3.8) is 0 Å². The Morgan fingerprint density at radius 3 is 2.95 bits per heavy atom. The van der Waals surface area contributed by atoms with E-state index < -0.39 is 10.0 Å². The molecule has 0 bridgehead atoms. The van der Waals surface area contributed by atoms with Crippen molar-refractivity contribution in [1.29, 1.82) is 0 Å². The maximum Gasteiger partial charge on any atom is 0.241 e. The van der Waals surface area contributed by atoms with Gasteiger partial charge < -0.3 is 10.2 Å². The van der Waals surface area contributed by atoms with E-state index in [-0.39, 0.29) is 0 Å². The molecule has 2 heterocycles. The Kier molecular flexibility index (Phi) is 5.57. The monoisotopic (exact) mass is 317 g/mol. The zero-order valence-corrected chi connectivity index (χ0v) is 13.7. The van der Waals surface area contributed by atoms with Gasteiger partial charge >= 0.3 is 0 Å². The molecule has 0 amide bonds. The maximum absolute atomic E-state index is 12.2. The molecule has 1 aliphatic rings. The summed E-state index contributed by atoms with van der Waals surface area (Å²) < 4.78 is 27.2. The Morgan fingerprint density at radius 2 is 2.30 bits per heavy atom. The van der Waals surface area contributed by atoms with Gasteiger partial charge in [0.25, 0.3) is 0 Å². The lowest BCUT2D eigenvalue weighted by Crippen LogP contribution is -2.30. The molecular formula is C13H23N3O2S2. The van der Waals surface area contributed by atoms with Gasteiger partial charge in [-0.2, -0.15) is 0 Å². The molecule has 1 unspecified atom stereocenters. The molecule has 0 spiro atoms. The van der Waals surface area contributed by atoms with Crippen molar-refractivity contribution < 1.29 is 8.42 Å². The van der Waals surface area contributed by atoms with E-state index in [0.717, 1.165) is 37.5 Å². The topological polar surface area (TPSA) is 61.4 Å². The molecule has 7 heteroatoms. The summed E-state index contributed by atoms with van der Waals surface area (Å²) in [6.07, 6.45) is 1.06. The van der Waals surface area contributed by atoms with Crippen LogP contribution in [-0.2, 0) is 16.6 Å². The van der Waals surface area contributed by atoms with Crippen LogP contribution in [-0.4, -0.2) is 46.5 Å². The molecule has 0 saturated carbocycles. The third-order valence-corrected chi connectivity index (χ3v) is 6.03. The zero-order chi connectivity index (χ0) is 14.6. The highest BCUT2D eigenvalue weighted by molar-refractivity contribution is 7.89. The minimum Gasteiger partial charge on any atom is -0.312 e. The third-order valence-electron chi connectivity index (χ3n) is 3.54. The van der Waals surface area contributed by atoms with E-state index in [1.165, 1.54) is 11.3 Å². The molecule has 0 radical (unpaired) electrons. The minimum absolute atomic E-state index is 0.391. The number of rotatable bonds is 7. The molecule has 5 nitrogen and oxygen atoms in total. The van der Waals surface area contributed by atoms with E-state index in [9.17, 15) is 8.42 Å². The van der Waals surface area contributed by atoms with Crippen molar-refractivity contribution in [3.8, 4) is 0 Å². The number of sulfonamides is 1. The second-order valence-corrected chi connectivity index (χ2v) is 8.06. The molecule has 20 heavy (non-hydrogen) atoms. The predicted octanol–water partition coefficient (Wildman–Crippen LogP) is 1.09. The summed E-state index contributed by atoms with van der Waals surface area (Å²) in [4.78, 5) is 3.67. The summed E-state index contributed by atoms with van der Waals surface area (Å²) in [5.74, 6) is 0.426. The first-order chi connectivity index (χ1) is 9.51. The average Bonchev–Trinajstić information content (AvgIpc) is 3.03. The second kappa shape index (κ2) is 7.00. The summed E-state index contributed by atoms with van der Waals surface area (Å²) in [6.45, 7) is 6.20. The van der Waals surface area contributed by atoms with Gasteiger partial charge in [-0.3, -0.25) is 0 Å². The van der Waals surface area contributed by atoms with Crippen molar-refractivity contribution in [3.05, 3.63) is 16.3 Å². The van der Waals surface area contributed by atoms with Crippen molar-refractivity contribution in [2.45, 2.75) is 24.8 Å². The number of nitrogens with zero attached hydrogens (tertiary/aromatic N) is 1. The molecule has 1 aliphatic heterocycles. The fourth-order valence-corrected chi connectivity index (χ4v) is 4.71. The molecule has 0 aliphatic carbocycles. The average molecular weight is 317 g/mol. The summed E-state index contributed by atoms with van der Waals surface area (Å²) in [5.41, 5.74) is 0. The Bertz CT molecular complexity index is 527. The second-order valence-electron chi connectivity index (χ2n) is 5.30. The van der Waals surface area contributed by atoms with Crippen molar-refractivity contribution >= 4 is 21.4 Å². The van der Waals surface area contributed by atoms with E-state index in [2.05, 4.69) is 22.0 Å². The number of likely N-dealkylation sites (tertiary alicyclic amines) is 1. The summed E-state index contributed by atoms with van der Waals surface area (Å²) in [7, 11) is -1.29. The SMILES string of the molecule is CCNCc1cc(S(=O)(=O)NCC2CCN(C)C2)cs1. The van der Waals surface area contributed by atoms with E-state index in [0.29, 0.717) is 17.4 Å². The highest BCUT2D eigenvalue weighted by Gasteiger charge is 2.22. The number of hydrogen-bond acceptors (Lipinski definition) is 5. The van der Waals surface area contributed by atoms with Crippen LogP contribution in [0.15, 0.2) is 16.3 Å². The van der Waals surface area contributed by atoms with Gasteiger partial charge in [0.1, 0.15) is 0 Å². The highest BCUT2D eigenvalue weighted by Crippen LogP contribution is 2.20. The first-order valence-corrected chi connectivity index (χ1v) is 9.34. The lowest BCUT2D eigenvalue weighted by Gasteiger charge is -2.11. The molecule has 0 aromatic carbocycles. The van der Waals surface area contributed by atoms with Gasteiger partial charge in [0.15, 0.2) is 0 Å². The number of nitrogens with one attached hydrogen (secondary N) is 2. The fourth-order valence-electron chi connectivity index (χ4n) is 2.35. The van der Waals surface area contributed by atoms with Crippen LogP contribution in [0.25, 0.3) is 0 Å². The first kappa shape index (κ1) is 15.9. The molecule has 1 atom stereocenters. The van der Waals surface area contributed by atoms with Crippen LogP contribution in [0.5, 0.6) is 0 Å².